The van der Waals surface area contributed by atoms with Gasteiger partial charge in [0.25, 0.3) is 5.91 Å². The molecule has 0 aliphatic carbocycles. The van der Waals surface area contributed by atoms with E-state index in [9.17, 15) is 14.7 Å². The Bertz CT molecular complexity index is 895. The zero-order chi connectivity index (χ0) is 25.6. The number of carbonyl (C=O) groups is 2. The van der Waals surface area contributed by atoms with Crippen molar-refractivity contribution in [2.24, 2.45) is 0 Å². The van der Waals surface area contributed by atoms with Crippen LogP contribution in [0.15, 0.2) is 48.5 Å². The molecule has 0 fully saturated rings. The minimum absolute atomic E-state index is 0.0746. The first kappa shape index (κ1) is 28.3. The molecule has 1 amide bonds. The van der Waals surface area contributed by atoms with E-state index in [-0.39, 0.29) is 18.9 Å². The normalized spacial score (nSPS) is 11.9. The fourth-order valence-corrected chi connectivity index (χ4v) is 3.61. The molecule has 1 atom stereocenters. The lowest BCUT2D eigenvalue weighted by Gasteiger charge is -2.23. The van der Waals surface area contributed by atoms with E-state index < -0.39 is 12.1 Å². The van der Waals surface area contributed by atoms with E-state index in [2.05, 4.69) is 38.1 Å². The molecule has 2 aromatic rings. The molecule has 0 aromatic heterocycles. The van der Waals surface area contributed by atoms with Gasteiger partial charge in [0.1, 0.15) is 5.75 Å². The van der Waals surface area contributed by atoms with Gasteiger partial charge in [0, 0.05) is 39.3 Å². The maximum absolute atomic E-state index is 13.0. The first-order valence-electron chi connectivity index (χ1n) is 12.3. The van der Waals surface area contributed by atoms with Gasteiger partial charge in [0.2, 0.25) is 0 Å². The summed E-state index contributed by atoms with van der Waals surface area (Å²) < 4.78 is 16.5. The quantitative estimate of drug-likeness (QED) is 0.348. The molecular formula is C28H39NO6. The van der Waals surface area contributed by atoms with Crippen LogP contribution in [0.2, 0.25) is 0 Å². The Morgan fingerprint density at radius 3 is 2.17 bits per heavy atom. The van der Waals surface area contributed by atoms with Gasteiger partial charge in [-0.05, 0) is 55.0 Å². The molecule has 2 rings (SSSR count). The van der Waals surface area contributed by atoms with Gasteiger partial charge >= 0.3 is 5.97 Å². The second-order valence-electron chi connectivity index (χ2n) is 8.68. The molecule has 0 saturated heterocycles. The van der Waals surface area contributed by atoms with Gasteiger partial charge < -0.3 is 24.2 Å². The minimum Gasteiger partial charge on any atom is -0.484 e. The molecule has 0 saturated carbocycles. The molecule has 1 N–H and O–H groups in total. The summed E-state index contributed by atoms with van der Waals surface area (Å²) in [6, 6.07) is 15.5. The minimum atomic E-state index is -0.985. The van der Waals surface area contributed by atoms with Crippen LogP contribution in [0.25, 0.3) is 0 Å². The SMILES string of the molecule is CCOCCCN(Cc1ccc(C(C)C)cc1)C(=O)COc1ccc(C[C@H](OCC)C(=O)O)cc1. The Morgan fingerprint density at radius 2 is 1.60 bits per heavy atom. The molecule has 0 aliphatic rings. The van der Waals surface area contributed by atoms with Crippen LogP contribution in [0.3, 0.4) is 0 Å². The van der Waals surface area contributed by atoms with Crippen molar-refractivity contribution < 1.29 is 28.9 Å². The van der Waals surface area contributed by atoms with Crippen LogP contribution in [-0.2, 0) is 32.0 Å². The molecule has 35 heavy (non-hydrogen) atoms. The number of ether oxygens (including phenoxy) is 3. The largest absolute Gasteiger partial charge is 0.484 e. The van der Waals surface area contributed by atoms with E-state index in [0.717, 1.165) is 17.5 Å². The highest BCUT2D eigenvalue weighted by Gasteiger charge is 2.18. The summed E-state index contributed by atoms with van der Waals surface area (Å²) in [6.45, 7) is 10.7. The van der Waals surface area contributed by atoms with Crippen LogP contribution < -0.4 is 4.74 Å². The Balaban J connectivity index is 1.96. The van der Waals surface area contributed by atoms with Crippen molar-refractivity contribution >= 4 is 11.9 Å². The van der Waals surface area contributed by atoms with E-state index in [1.54, 1.807) is 36.1 Å². The first-order valence-corrected chi connectivity index (χ1v) is 12.3. The first-order chi connectivity index (χ1) is 16.8. The number of carboxylic acids is 1. The molecule has 7 nitrogen and oxygen atoms in total. The lowest BCUT2D eigenvalue weighted by Crippen LogP contribution is -2.35. The third-order valence-electron chi connectivity index (χ3n) is 5.64. The molecule has 0 radical (unpaired) electrons. The van der Waals surface area contributed by atoms with Gasteiger partial charge in [0.15, 0.2) is 12.7 Å². The second-order valence-corrected chi connectivity index (χ2v) is 8.68. The van der Waals surface area contributed by atoms with Gasteiger partial charge in [-0.3, -0.25) is 4.79 Å². The Morgan fingerprint density at radius 1 is 0.943 bits per heavy atom. The van der Waals surface area contributed by atoms with Crippen molar-refractivity contribution in [1.82, 2.24) is 4.90 Å². The zero-order valence-electron chi connectivity index (χ0n) is 21.4. The Hall–Kier alpha value is -2.90. The number of amides is 1. The number of benzene rings is 2. The highest BCUT2D eigenvalue weighted by atomic mass is 16.5. The maximum Gasteiger partial charge on any atom is 0.333 e. The average Bonchev–Trinajstić information content (AvgIpc) is 2.85. The summed E-state index contributed by atoms with van der Waals surface area (Å²) in [5, 5.41) is 9.25. The third-order valence-corrected chi connectivity index (χ3v) is 5.64. The van der Waals surface area contributed by atoms with E-state index in [4.69, 9.17) is 14.2 Å². The smallest absolute Gasteiger partial charge is 0.333 e. The number of nitrogens with zero attached hydrogens (tertiary/aromatic N) is 1. The summed E-state index contributed by atoms with van der Waals surface area (Å²) in [4.78, 5) is 26.1. The fraction of sp³-hybridized carbons (Fsp3) is 0.500. The van der Waals surface area contributed by atoms with Crippen molar-refractivity contribution in [2.75, 3.05) is 33.0 Å². The lowest BCUT2D eigenvalue weighted by molar-refractivity contribution is -0.150. The molecule has 192 valence electrons. The zero-order valence-corrected chi connectivity index (χ0v) is 21.4. The fourth-order valence-electron chi connectivity index (χ4n) is 3.61. The number of hydrogen-bond acceptors (Lipinski definition) is 5. The number of hydrogen-bond donors (Lipinski definition) is 1. The molecule has 7 heteroatoms. The van der Waals surface area contributed by atoms with Crippen LogP contribution in [0.1, 0.15) is 56.7 Å². The molecule has 0 bridgehead atoms. The van der Waals surface area contributed by atoms with Gasteiger partial charge in [-0.15, -0.1) is 0 Å². The Labute approximate surface area is 209 Å². The predicted molar refractivity (Wildman–Crippen MR) is 136 cm³/mol. The van der Waals surface area contributed by atoms with E-state index in [1.165, 1.54) is 5.56 Å². The number of carbonyl (C=O) groups excluding carboxylic acids is 1. The average molecular weight is 486 g/mol. The third kappa shape index (κ3) is 10.1. The molecule has 0 heterocycles. The van der Waals surface area contributed by atoms with E-state index in [0.29, 0.717) is 44.6 Å². The van der Waals surface area contributed by atoms with Crippen molar-refractivity contribution in [1.29, 1.82) is 0 Å². The standard InChI is InChI=1S/C28H39NO6/c1-5-33-17-7-16-29(19-23-8-12-24(13-9-23)21(3)4)27(30)20-35-25-14-10-22(11-15-25)18-26(28(31)32)34-6-2/h8-15,21,26H,5-7,16-20H2,1-4H3,(H,31,32)/t26-/m0/s1. The molecule has 0 spiro atoms. The topological polar surface area (TPSA) is 85.3 Å². The highest BCUT2D eigenvalue weighted by Crippen LogP contribution is 2.17. The van der Waals surface area contributed by atoms with Crippen LogP contribution in [0, 0.1) is 0 Å². The molecular weight excluding hydrogens is 446 g/mol. The van der Waals surface area contributed by atoms with Crippen molar-refractivity contribution in [3.05, 3.63) is 65.2 Å². The maximum atomic E-state index is 13.0. The van der Waals surface area contributed by atoms with Crippen molar-refractivity contribution in [3.63, 3.8) is 0 Å². The predicted octanol–water partition coefficient (Wildman–Crippen LogP) is 4.68. The van der Waals surface area contributed by atoms with Gasteiger partial charge in [-0.1, -0.05) is 50.2 Å². The lowest BCUT2D eigenvalue weighted by atomic mass is 10.0. The number of aliphatic carboxylic acids is 1. The summed E-state index contributed by atoms with van der Waals surface area (Å²) in [7, 11) is 0. The highest BCUT2D eigenvalue weighted by molar-refractivity contribution is 5.77. The van der Waals surface area contributed by atoms with Crippen molar-refractivity contribution in [2.45, 2.75) is 59.1 Å². The summed E-state index contributed by atoms with van der Waals surface area (Å²) in [5.74, 6) is -0.0651. The van der Waals surface area contributed by atoms with E-state index in [1.807, 2.05) is 6.92 Å². The monoisotopic (exact) mass is 485 g/mol. The Kier molecular flexibility index (Phi) is 12.3. The van der Waals surface area contributed by atoms with Crippen molar-refractivity contribution in [3.8, 4) is 5.75 Å². The molecule has 2 aromatic carbocycles. The molecule has 0 aliphatic heterocycles. The number of rotatable bonds is 16. The van der Waals surface area contributed by atoms with Gasteiger partial charge in [-0.2, -0.15) is 0 Å². The van der Waals surface area contributed by atoms with Crippen LogP contribution in [0.5, 0.6) is 5.75 Å². The summed E-state index contributed by atoms with van der Waals surface area (Å²) in [5.41, 5.74) is 3.17. The second kappa shape index (κ2) is 15.2. The molecule has 0 unspecified atom stereocenters. The summed E-state index contributed by atoms with van der Waals surface area (Å²) >= 11 is 0. The van der Waals surface area contributed by atoms with Crippen LogP contribution >= 0.6 is 0 Å². The summed E-state index contributed by atoms with van der Waals surface area (Å²) in [6.07, 6.45) is 0.141. The van der Waals surface area contributed by atoms with Crippen LogP contribution in [0.4, 0.5) is 0 Å². The van der Waals surface area contributed by atoms with E-state index >= 15 is 0 Å². The number of carboxylic acid groups (broad SMARTS) is 1. The van der Waals surface area contributed by atoms with Gasteiger partial charge in [-0.25, -0.2) is 4.79 Å². The van der Waals surface area contributed by atoms with Crippen LogP contribution in [-0.4, -0.2) is 61.0 Å². The van der Waals surface area contributed by atoms with Gasteiger partial charge in [0.05, 0.1) is 0 Å².